The molecule has 0 radical (unpaired) electrons. The molecule has 1 heterocycles. The van der Waals surface area contributed by atoms with Crippen LogP contribution in [0, 0.1) is 27.7 Å². The second kappa shape index (κ2) is 10.5. The van der Waals surface area contributed by atoms with Gasteiger partial charge in [-0.05, 0) is 62.9 Å². The lowest BCUT2D eigenvalue weighted by Crippen LogP contribution is -2.17. The quantitative estimate of drug-likeness (QED) is 0.341. The van der Waals surface area contributed by atoms with Crippen LogP contribution in [0.1, 0.15) is 41.1 Å². The monoisotopic (exact) mass is 450 g/mol. The summed E-state index contributed by atoms with van der Waals surface area (Å²) in [5, 5.41) is 12.4. The van der Waals surface area contributed by atoms with E-state index in [9.17, 15) is 4.79 Å². The predicted octanol–water partition coefficient (Wildman–Crippen LogP) is 5.57. The number of carbonyl (C=O) groups excluding carboxylic acids is 1. The maximum absolute atomic E-state index is 12.6. The Kier molecular flexibility index (Phi) is 7.75. The number of carbonyl (C=O) groups is 1. The van der Waals surface area contributed by atoms with Gasteiger partial charge < -0.3 is 10.1 Å². The number of benzene rings is 2. The van der Waals surface area contributed by atoms with E-state index in [1.807, 2.05) is 62.6 Å². The molecule has 1 N–H and O–H groups in total. The molecule has 3 rings (SSSR count). The summed E-state index contributed by atoms with van der Waals surface area (Å²) < 4.78 is 8.14. The molecule has 0 bridgehead atoms. The fraction of sp³-hybridized carbons (Fsp3) is 0.320. The van der Waals surface area contributed by atoms with Crippen LogP contribution >= 0.6 is 11.8 Å². The standard InChI is InChI=1S/C25H30N4O2S/c1-7-14-29-24(20(6)31-21-13-9-10-16(2)19(21)5)27-28-25(29)32-15-22(30)26-23-17(3)11-8-12-18(23)4/h7-13,20H,1,14-15H2,2-6H3,(H,26,30). The minimum Gasteiger partial charge on any atom is -0.482 e. The summed E-state index contributed by atoms with van der Waals surface area (Å²) in [6, 6.07) is 12.0. The molecule has 1 aromatic heterocycles. The Labute approximate surface area is 194 Å². The zero-order chi connectivity index (χ0) is 23.3. The molecule has 0 fully saturated rings. The van der Waals surface area contributed by atoms with Crippen molar-refractivity contribution in [3.05, 3.63) is 77.1 Å². The van der Waals surface area contributed by atoms with Crippen molar-refractivity contribution in [1.29, 1.82) is 0 Å². The van der Waals surface area contributed by atoms with Crippen molar-refractivity contribution < 1.29 is 9.53 Å². The molecule has 0 aliphatic heterocycles. The smallest absolute Gasteiger partial charge is 0.234 e. The number of aryl methyl sites for hydroxylation is 3. The van der Waals surface area contributed by atoms with Gasteiger partial charge in [-0.3, -0.25) is 9.36 Å². The second-order valence-corrected chi connectivity index (χ2v) is 8.74. The molecule has 6 nitrogen and oxygen atoms in total. The topological polar surface area (TPSA) is 69.0 Å². The minimum atomic E-state index is -0.305. The normalized spacial score (nSPS) is 11.8. The zero-order valence-corrected chi connectivity index (χ0v) is 20.1. The summed E-state index contributed by atoms with van der Waals surface area (Å²) in [4.78, 5) is 12.6. The molecule has 32 heavy (non-hydrogen) atoms. The van der Waals surface area contributed by atoms with Crippen LogP contribution in [0.3, 0.4) is 0 Å². The van der Waals surface area contributed by atoms with Crippen molar-refractivity contribution in [2.24, 2.45) is 0 Å². The number of anilines is 1. The molecule has 0 aliphatic carbocycles. The van der Waals surface area contributed by atoms with Gasteiger partial charge in [0.15, 0.2) is 17.1 Å². The van der Waals surface area contributed by atoms with Crippen LogP contribution in [0.4, 0.5) is 5.69 Å². The Bertz CT molecular complexity index is 1100. The number of hydrogen-bond donors (Lipinski definition) is 1. The number of aromatic nitrogens is 3. The van der Waals surface area contributed by atoms with Gasteiger partial charge >= 0.3 is 0 Å². The highest BCUT2D eigenvalue weighted by Gasteiger charge is 2.20. The lowest BCUT2D eigenvalue weighted by Gasteiger charge is -2.18. The lowest BCUT2D eigenvalue weighted by molar-refractivity contribution is -0.113. The van der Waals surface area contributed by atoms with Crippen molar-refractivity contribution in [2.75, 3.05) is 11.1 Å². The summed E-state index contributed by atoms with van der Waals surface area (Å²) in [6.45, 7) is 14.4. The second-order valence-electron chi connectivity index (χ2n) is 7.80. The van der Waals surface area contributed by atoms with Crippen molar-refractivity contribution in [3.8, 4) is 5.75 Å². The van der Waals surface area contributed by atoms with Crippen LogP contribution in [0.2, 0.25) is 0 Å². The highest BCUT2D eigenvalue weighted by molar-refractivity contribution is 7.99. The van der Waals surface area contributed by atoms with E-state index < -0.39 is 0 Å². The fourth-order valence-electron chi connectivity index (χ4n) is 3.42. The molecular weight excluding hydrogens is 420 g/mol. The van der Waals surface area contributed by atoms with Gasteiger partial charge in [-0.25, -0.2) is 0 Å². The first-order valence-electron chi connectivity index (χ1n) is 10.6. The first-order chi connectivity index (χ1) is 15.3. The Morgan fingerprint density at radius 1 is 1.12 bits per heavy atom. The van der Waals surface area contributed by atoms with E-state index in [1.165, 1.54) is 17.3 Å². The van der Waals surface area contributed by atoms with Gasteiger partial charge in [0.05, 0.1) is 5.75 Å². The highest BCUT2D eigenvalue weighted by Crippen LogP contribution is 2.28. The third-order valence-electron chi connectivity index (χ3n) is 5.36. The lowest BCUT2D eigenvalue weighted by atomic mass is 10.1. The molecule has 0 saturated heterocycles. The van der Waals surface area contributed by atoms with Crippen LogP contribution in [-0.2, 0) is 11.3 Å². The molecule has 3 aromatic rings. The molecule has 1 atom stereocenters. The molecule has 1 unspecified atom stereocenters. The molecule has 7 heteroatoms. The number of allylic oxidation sites excluding steroid dienone is 1. The van der Waals surface area contributed by atoms with E-state index in [-0.39, 0.29) is 17.8 Å². The van der Waals surface area contributed by atoms with E-state index in [2.05, 4.69) is 35.1 Å². The van der Waals surface area contributed by atoms with Gasteiger partial charge in [-0.1, -0.05) is 48.2 Å². The maximum Gasteiger partial charge on any atom is 0.234 e. The summed E-state index contributed by atoms with van der Waals surface area (Å²) in [5.41, 5.74) is 5.22. The van der Waals surface area contributed by atoms with Gasteiger partial charge in [-0.2, -0.15) is 0 Å². The molecule has 0 aliphatic rings. The van der Waals surface area contributed by atoms with Crippen LogP contribution in [0.5, 0.6) is 5.75 Å². The van der Waals surface area contributed by atoms with Crippen LogP contribution in [0.15, 0.2) is 54.2 Å². The van der Waals surface area contributed by atoms with Crippen molar-refractivity contribution in [3.63, 3.8) is 0 Å². The fourth-order valence-corrected chi connectivity index (χ4v) is 4.18. The average molecular weight is 451 g/mol. The summed E-state index contributed by atoms with van der Waals surface area (Å²) in [6.07, 6.45) is 1.49. The number of nitrogens with one attached hydrogen (secondary N) is 1. The largest absolute Gasteiger partial charge is 0.482 e. The van der Waals surface area contributed by atoms with E-state index in [0.29, 0.717) is 17.5 Å². The highest BCUT2D eigenvalue weighted by atomic mass is 32.2. The Balaban J connectivity index is 1.72. The van der Waals surface area contributed by atoms with E-state index in [0.717, 1.165) is 28.1 Å². The van der Waals surface area contributed by atoms with Gasteiger partial charge in [0.1, 0.15) is 5.75 Å². The summed E-state index contributed by atoms with van der Waals surface area (Å²) >= 11 is 1.35. The van der Waals surface area contributed by atoms with E-state index >= 15 is 0 Å². The molecule has 2 aromatic carbocycles. The van der Waals surface area contributed by atoms with Crippen LogP contribution in [0.25, 0.3) is 0 Å². The number of hydrogen-bond acceptors (Lipinski definition) is 5. The molecule has 0 spiro atoms. The number of para-hydroxylation sites is 1. The van der Waals surface area contributed by atoms with Crippen molar-refractivity contribution in [1.82, 2.24) is 14.8 Å². The number of rotatable bonds is 9. The van der Waals surface area contributed by atoms with E-state index in [1.54, 1.807) is 6.08 Å². The maximum atomic E-state index is 12.6. The number of amides is 1. The first kappa shape index (κ1) is 23.6. The first-order valence-corrected chi connectivity index (χ1v) is 11.6. The number of ether oxygens (including phenoxy) is 1. The van der Waals surface area contributed by atoms with Gasteiger partial charge in [-0.15, -0.1) is 16.8 Å². The zero-order valence-electron chi connectivity index (χ0n) is 19.3. The van der Waals surface area contributed by atoms with E-state index in [4.69, 9.17) is 4.74 Å². The third-order valence-corrected chi connectivity index (χ3v) is 6.32. The van der Waals surface area contributed by atoms with Crippen LogP contribution < -0.4 is 10.1 Å². The summed E-state index contributed by atoms with van der Waals surface area (Å²) in [5.74, 6) is 1.67. The molecule has 1 amide bonds. The van der Waals surface area contributed by atoms with Gasteiger partial charge in [0.25, 0.3) is 0 Å². The van der Waals surface area contributed by atoms with Crippen LogP contribution in [-0.4, -0.2) is 26.4 Å². The Hall–Kier alpha value is -3.06. The van der Waals surface area contributed by atoms with Gasteiger partial charge in [0, 0.05) is 12.2 Å². The Morgan fingerprint density at radius 2 is 1.78 bits per heavy atom. The number of nitrogens with zero attached hydrogens (tertiary/aromatic N) is 3. The third kappa shape index (κ3) is 5.40. The summed E-state index contributed by atoms with van der Waals surface area (Å²) in [7, 11) is 0. The SMILES string of the molecule is C=CCn1c(SCC(=O)Nc2c(C)cccc2C)nnc1C(C)Oc1cccc(C)c1C. The molecule has 168 valence electrons. The molecule has 0 saturated carbocycles. The number of thioether (sulfide) groups is 1. The predicted molar refractivity (Wildman–Crippen MR) is 130 cm³/mol. The molecular formula is C25H30N4O2S. The van der Waals surface area contributed by atoms with Gasteiger partial charge in [0.2, 0.25) is 5.91 Å². The van der Waals surface area contributed by atoms with Crippen molar-refractivity contribution in [2.45, 2.75) is 52.4 Å². The Morgan fingerprint density at radius 3 is 2.47 bits per heavy atom. The van der Waals surface area contributed by atoms with Crippen molar-refractivity contribution >= 4 is 23.4 Å². The minimum absolute atomic E-state index is 0.0817. The average Bonchev–Trinajstić information content (AvgIpc) is 3.15.